The lowest BCUT2D eigenvalue weighted by atomic mass is 9.88. The molecule has 102 valence electrons. The molecule has 2 atom stereocenters. The lowest BCUT2D eigenvalue weighted by Gasteiger charge is -2.25. The Balaban J connectivity index is 2.59. The first-order valence-electron chi connectivity index (χ1n) is 7.47. The first kappa shape index (κ1) is 15.2. The summed E-state index contributed by atoms with van der Waals surface area (Å²) in [5.74, 6) is 1.30. The molecule has 0 bridgehead atoms. The van der Waals surface area contributed by atoms with Crippen molar-refractivity contribution in [2.75, 3.05) is 6.54 Å². The van der Waals surface area contributed by atoms with Crippen molar-refractivity contribution in [3.8, 4) is 0 Å². The molecule has 1 nitrogen and oxygen atoms in total. The minimum Gasteiger partial charge on any atom is -0.313 e. The highest BCUT2D eigenvalue weighted by Crippen LogP contribution is 2.23. The summed E-state index contributed by atoms with van der Waals surface area (Å²) < 4.78 is 0. The zero-order valence-electron chi connectivity index (χ0n) is 12.4. The van der Waals surface area contributed by atoms with E-state index in [0.29, 0.717) is 17.9 Å². The smallest absolute Gasteiger partial charge is 0.00645 e. The third-order valence-electron chi connectivity index (χ3n) is 3.79. The van der Waals surface area contributed by atoms with Gasteiger partial charge < -0.3 is 5.32 Å². The van der Waals surface area contributed by atoms with E-state index in [-0.39, 0.29) is 0 Å². The lowest BCUT2D eigenvalue weighted by molar-refractivity contribution is 0.399. The number of hydrogen-bond donors (Lipinski definition) is 1. The maximum absolute atomic E-state index is 3.75. The van der Waals surface area contributed by atoms with E-state index in [4.69, 9.17) is 0 Å². The van der Waals surface area contributed by atoms with Gasteiger partial charge in [0.2, 0.25) is 0 Å². The van der Waals surface area contributed by atoms with Crippen molar-refractivity contribution in [2.24, 2.45) is 5.92 Å². The van der Waals surface area contributed by atoms with Gasteiger partial charge in [0.15, 0.2) is 0 Å². The number of hydrogen-bond acceptors (Lipinski definition) is 1. The topological polar surface area (TPSA) is 12.0 Å². The average Bonchev–Trinajstić information content (AvgIpc) is 2.38. The predicted octanol–water partition coefficient (Wildman–Crippen LogP) is 4.59. The molecule has 0 aromatic heterocycles. The van der Waals surface area contributed by atoms with Crippen LogP contribution in [-0.4, -0.2) is 12.6 Å². The lowest BCUT2D eigenvalue weighted by Crippen LogP contribution is -2.33. The second-order valence-corrected chi connectivity index (χ2v) is 5.56. The molecule has 0 fully saturated rings. The number of rotatable bonds is 8. The van der Waals surface area contributed by atoms with Crippen LogP contribution < -0.4 is 5.32 Å². The normalized spacial score (nSPS) is 14.7. The molecule has 0 spiro atoms. The van der Waals surface area contributed by atoms with Gasteiger partial charge in [-0.15, -0.1) is 0 Å². The molecular formula is C17H29N. The van der Waals surface area contributed by atoms with Crippen LogP contribution in [0.4, 0.5) is 0 Å². The van der Waals surface area contributed by atoms with E-state index >= 15 is 0 Å². The van der Waals surface area contributed by atoms with Gasteiger partial charge in [-0.25, -0.2) is 0 Å². The van der Waals surface area contributed by atoms with Crippen LogP contribution in [0.1, 0.15) is 58.4 Å². The maximum atomic E-state index is 3.75. The summed E-state index contributed by atoms with van der Waals surface area (Å²) in [5.41, 5.74) is 1.46. The Morgan fingerprint density at radius 1 is 1.06 bits per heavy atom. The largest absolute Gasteiger partial charge is 0.313 e. The van der Waals surface area contributed by atoms with E-state index in [1.54, 1.807) is 0 Å². The third-order valence-corrected chi connectivity index (χ3v) is 3.79. The molecule has 0 saturated heterocycles. The van der Waals surface area contributed by atoms with Gasteiger partial charge in [0.25, 0.3) is 0 Å². The SMILES string of the molecule is CCCC(CC)NCC(c1ccccc1)C(C)C. The van der Waals surface area contributed by atoms with E-state index < -0.39 is 0 Å². The van der Waals surface area contributed by atoms with E-state index in [9.17, 15) is 0 Å². The summed E-state index contributed by atoms with van der Waals surface area (Å²) in [6.45, 7) is 10.3. The van der Waals surface area contributed by atoms with E-state index in [1.165, 1.54) is 24.8 Å². The van der Waals surface area contributed by atoms with E-state index in [0.717, 1.165) is 6.54 Å². The fourth-order valence-corrected chi connectivity index (χ4v) is 2.53. The molecule has 1 aromatic rings. The fourth-order valence-electron chi connectivity index (χ4n) is 2.53. The first-order chi connectivity index (χ1) is 8.69. The Bertz CT molecular complexity index is 305. The van der Waals surface area contributed by atoms with Crippen LogP contribution in [0, 0.1) is 5.92 Å². The van der Waals surface area contributed by atoms with Crippen molar-refractivity contribution in [1.82, 2.24) is 5.32 Å². The second-order valence-electron chi connectivity index (χ2n) is 5.56. The fraction of sp³-hybridized carbons (Fsp3) is 0.647. The van der Waals surface area contributed by atoms with Crippen LogP contribution in [0.25, 0.3) is 0 Å². The van der Waals surface area contributed by atoms with Gasteiger partial charge in [-0.1, -0.05) is 64.4 Å². The standard InChI is InChI=1S/C17H29N/c1-5-10-16(6-2)18-13-17(14(3)4)15-11-8-7-9-12-15/h7-9,11-12,14,16-18H,5-6,10,13H2,1-4H3. The molecule has 1 N–H and O–H groups in total. The average molecular weight is 247 g/mol. The molecule has 2 unspecified atom stereocenters. The van der Waals surface area contributed by atoms with Crippen LogP contribution in [0.3, 0.4) is 0 Å². The molecule has 18 heavy (non-hydrogen) atoms. The van der Waals surface area contributed by atoms with Gasteiger partial charge in [0.05, 0.1) is 0 Å². The van der Waals surface area contributed by atoms with Crippen molar-refractivity contribution >= 4 is 0 Å². The summed E-state index contributed by atoms with van der Waals surface area (Å²) in [7, 11) is 0. The van der Waals surface area contributed by atoms with Crippen LogP contribution in [0.5, 0.6) is 0 Å². The maximum Gasteiger partial charge on any atom is 0.00645 e. The third kappa shape index (κ3) is 4.81. The Morgan fingerprint density at radius 2 is 1.72 bits per heavy atom. The Kier molecular flexibility index (Phi) is 7.04. The van der Waals surface area contributed by atoms with Crippen molar-refractivity contribution < 1.29 is 0 Å². The molecule has 0 aliphatic heterocycles. The molecular weight excluding hydrogens is 218 g/mol. The highest BCUT2D eigenvalue weighted by molar-refractivity contribution is 5.20. The summed E-state index contributed by atoms with van der Waals surface area (Å²) >= 11 is 0. The zero-order valence-corrected chi connectivity index (χ0v) is 12.4. The molecule has 0 heterocycles. The highest BCUT2D eigenvalue weighted by Gasteiger charge is 2.16. The van der Waals surface area contributed by atoms with E-state index in [2.05, 4.69) is 63.3 Å². The molecule has 0 aliphatic carbocycles. The molecule has 0 aliphatic rings. The Labute approximate surface area is 113 Å². The summed E-state index contributed by atoms with van der Waals surface area (Å²) in [4.78, 5) is 0. The van der Waals surface area contributed by atoms with Crippen molar-refractivity contribution in [2.45, 2.75) is 58.9 Å². The van der Waals surface area contributed by atoms with Crippen LogP contribution >= 0.6 is 0 Å². The molecule has 0 radical (unpaired) electrons. The van der Waals surface area contributed by atoms with Gasteiger partial charge >= 0.3 is 0 Å². The predicted molar refractivity (Wildman–Crippen MR) is 81.0 cm³/mol. The number of nitrogens with one attached hydrogen (secondary N) is 1. The second kappa shape index (κ2) is 8.31. The Morgan fingerprint density at radius 3 is 2.22 bits per heavy atom. The van der Waals surface area contributed by atoms with Gasteiger partial charge in [0, 0.05) is 12.6 Å². The minimum atomic E-state index is 0.622. The van der Waals surface area contributed by atoms with Crippen LogP contribution in [0.2, 0.25) is 0 Å². The quantitative estimate of drug-likeness (QED) is 0.708. The summed E-state index contributed by atoms with van der Waals surface area (Å²) in [5, 5.41) is 3.75. The van der Waals surface area contributed by atoms with Crippen molar-refractivity contribution in [1.29, 1.82) is 0 Å². The van der Waals surface area contributed by atoms with Gasteiger partial charge in [-0.3, -0.25) is 0 Å². The van der Waals surface area contributed by atoms with Gasteiger partial charge in [-0.2, -0.15) is 0 Å². The summed E-state index contributed by atoms with van der Waals surface area (Å²) in [6.07, 6.45) is 3.78. The number of benzene rings is 1. The molecule has 1 heteroatoms. The highest BCUT2D eigenvalue weighted by atomic mass is 14.9. The van der Waals surface area contributed by atoms with Gasteiger partial charge in [-0.05, 0) is 30.2 Å². The monoisotopic (exact) mass is 247 g/mol. The molecule has 0 amide bonds. The molecule has 0 saturated carbocycles. The molecule has 1 aromatic carbocycles. The van der Waals surface area contributed by atoms with Crippen LogP contribution in [-0.2, 0) is 0 Å². The van der Waals surface area contributed by atoms with Crippen molar-refractivity contribution in [3.05, 3.63) is 35.9 Å². The zero-order chi connectivity index (χ0) is 13.4. The Hall–Kier alpha value is -0.820. The van der Waals surface area contributed by atoms with Crippen molar-refractivity contribution in [3.63, 3.8) is 0 Å². The minimum absolute atomic E-state index is 0.622. The summed E-state index contributed by atoms with van der Waals surface area (Å²) in [6, 6.07) is 11.6. The molecule has 1 rings (SSSR count). The van der Waals surface area contributed by atoms with Crippen LogP contribution in [0.15, 0.2) is 30.3 Å². The van der Waals surface area contributed by atoms with E-state index in [1.807, 2.05) is 0 Å². The van der Waals surface area contributed by atoms with Gasteiger partial charge in [0.1, 0.15) is 0 Å². The first-order valence-corrected chi connectivity index (χ1v) is 7.47.